The van der Waals surface area contributed by atoms with E-state index in [9.17, 15) is 5.11 Å². The van der Waals surface area contributed by atoms with Crippen LogP contribution in [0.1, 0.15) is 27.8 Å². The number of nitrogens with one attached hydrogen (secondary N) is 1. The highest BCUT2D eigenvalue weighted by molar-refractivity contribution is 5.20. The van der Waals surface area contributed by atoms with Crippen LogP contribution < -0.4 is 5.48 Å². The van der Waals surface area contributed by atoms with Crippen LogP contribution in [-0.2, 0) is 56.8 Å². The summed E-state index contributed by atoms with van der Waals surface area (Å²) in [4.78, 5) is 6.11. The Hall–Kier alpha value is -4.18. The van der Waals surface area contributed by atoms with Gasteiger partial charge < -0.3 is 24.1 Å². The van der Waals surface area contributed by atoms with Gasteiger partial charge in [0.1, 0.15) is 23.9 Å². The summed E-state index contributed by atoms with van der Waals surface area (Å²) in [6, 6.07) is 48.9. The molecule has 248 valence electrons. The van der Waals surface area contributed by atoms with Gasteiger partial charge in [-0.3, -0.25) is 4.84 Å². The molecule has 7 heteroatoms. The monoisotopic (exact) mass is 645 g/mol. The summed E-state index contributed by atoms with van der Waals surface area (Å²) in [5.74, 6) is 0. The Labute approximate surface area is 283 Å². The largest absolute Gasteiger partial charge is 0.383 e. The van der Waals surface area contributed by atoms with Crippen molar-refractivity contribution in [1.82, 2.24) is 5.48 Å². The van der Waals surface area contributed by atoms with Gasteiger partial charge in [-0.1, -0.05) is 152 Å². The zero-order chi connectivity index (χ0) is 32.9. The average Bonchev–Trinajstić information content (AvgIpc) is 3.36. The molecule has 7 nitrogen and oxygen atoms in total. The first-order valence-electron chi connectivity index (χ1n) is 16.4. The molecule has 1 aliphatic rings. The Balaban J connectivity index is 1.32. The fraction of sp³-hybridized carbons (Fsp3) is 0.268. The maximum absolute atomic E-state index is 12.8. The second-order valence-corrected chi connectivity index (χ2v) is 12.1. The standard InChI is InChI=1S/C41H43NO6/c43-41(31-44-26-32-16-6-1-7-17-32)39(42-48-30-36-24-14-5-15-25-36)37(45-27-33-18-8-2-9-19-33)38(46-28-34-20-10-3-11-21-34)40(41)47-29-35-22-12-4-13-23-35/h1-25,37-40,42-43H,26-31H2/t37-,38+,39+,40-,41-/m0/s1. The Morgan fingerprint density at radius 3 is 1.29 bits per heavy atom. The third kappa shape index (κ3) is 9.04. The van der Waals surface area contributed by atoms with E-state index in [1.54, 1.807) is 0 Å². The molecule has 0 bridgehead atoms. The molecule has 0 unspecified atom stereocenters. The van der Waals surface area contributed by atoms with Crippen molar-refractivity contribution in [3.05, 3.63) is 179 Å². The predicted molar refractivity (Wildman–Crippen MR) is 184 cm³/mol. The van der Waals surface area contributed by atoms with E-state index in [2.05, 4.69) is 5.48 Å². The van der Waals surface area contributed by atoms with Crippen LogP contribution in [0.3, 0.4) is 0 Å². The molecule has 0 aliphatic heterocycles. The number of hydroxylamine groups is 1. The van der Waals surface area contributed by atoms with Crippen molar-refractivity contribution >= 4 is 0 Å². The van der Waals surface area contributed by atoms with Crippen LogP contribution in [0.25, 0.3) is 0 Å². The normalized spacial score (nSPS) is 22.1. The van der Waals surface area contributed by atoms with Gasteiger partial charge in [0, 0.05) is 0 Å². The summed E-state index contributed by atoms with van der Waals surface area (Å²) < 4.78 is 26.3. The number of hydrogen-bond donors (Lipinski definition) is 2. The van der Waals surface area contributed by atoms with E-state index in [1.165, 1.54) is 0 Å². The van der Waals surface area contributed by atoms with E-state index < -0.39 is 30.0 Å². The van der Waals surface area contributed by atoms with E-state index in [-0.39, 0.29) is 19.8 Å². The lowest BCUT2D eigenvalue weighted by Crippen LogP contribution is -2.59. The molecule has 5 atom stereocenters. The smallest absolute Gasteiger partial charge is 0.137 e. The highest BCUT2D eigenvalue weighted by Gasteiger charge is 2.63. The van der Waals surface area contributed by atoms with Crippen molar-refractivity contribution in [1.29, 1.82) is 0 Å². The Bertz CT molecular complexity index is 1610. The van der Waals surface area contributed by atoms with Gasteiger partial charge in [0.05, 0.1) is 45.7 Å². The molecule has 0 radical (unpaired) electrons. The van der Waals surface area contributed by atoms with E-state index in [0.29, 0.717) is 19.8 Å². The summed E-state index contributed by atoms with van der Waals surface area (Å²) in [6.07, 6.45) is -2.19. The molecule has 5 aromatic rings. The first-order valence-corrected chi connectivity index (χ1v) is 16.4. The second kappa shape index (κ2) is 17.3. The molecule has 0 aromatic heterocycles. The van der Waals surface area contributed by atoms with Crippen LogP contribution in [0.15, 0.2) is 152 Å². The molecule has 1 aliphatic carbocycles. The van der Waals surface area contributed by atoms with Gasteiger partial charge in [-0.15, -0.1) is 0 Å². The molecule has 0 amide bonds. The van der Waals surface area contributed by atoms with Crippen LogP contribution in [0, 0.1) is 0 Å². The lowest BCUT2D eigenvalue weighted by molar-refractivity contribution is -0.182. The van der Waals surface area contributed by atoms with E-state index in [4.69, 9.17) is 23.8 Å². The van der Waals surface area contributed by atoms with Gasteiger partial charge in [0.15, 0.2) is 0 Å². The molecule has 0 heterocycles. The molecule has 0 spiro atoms. The molecule has 1 fully saturated rings. The Morgan fingerprint density at radius 1 is 0.458 bits per heavy atom. The lowest BCUT2D eigenvalue weighted by atomic mass is 9.96. The SMILES string of the molecule is O[C@@]1(COCc2ccccc2)[C@H](NOCc2ccccc2)[C@@H](OCc2ccccc2)[C@@H](OCc2ccccc2)[C@@H]1OCc1ccccc1. The maximum Gasteiger partial charge on any atom is 0.137 e. The minimum atomic E-state index is -1.61. The zero-order valence-electron chi connectivity index (χ0n) is 27.0. The topological polar surface area (TPSA) is 78.4 Å². The fourth-order valence-corrected chi connectivity index (χ4v) is 6.05. The van der Waals surface area contributed by atoms with Gasteiger partial charge in [-0.2, -0.15) is 5.48 Å². The maximum atomic E-state index is 12.8. The molecule has 0 saturated heterocycles. The van der Waals surface area contributed by atoms with Crippen molar-refractivity contribution in [2.75, 3.05) is 6.61 Å². The summed E-state index contributed by atoms with van der Waals surface area (Å²) in [6.45, 7) is 1.43. The van der Waals surface area contributed by atoms with Crippen LogP contribution in [0.5, 0.6) is 0 Å². The molecule has 48 heavy (non-hydrogen) atoms. The second-order valence-electron chi connectivity index (χ2n) is 12.1. The van der Waals surface area contributed by atoms with Gasteiger partial charge in [0.25, 0.3) is 0 Å². The quantitative estimate of drug-likeness (QED) is 0.108. The third-order valence-corrected chi connectivity index (χ3v) is 8.56. The van der Waals surface area contributed by atoms with Gasteiger partial charge in [0.2, 0.25) is 0 Å². The summed E-state index contributed by atoms with van der Waals surface area (Å²) in [7, 11) is 0. The highest BCUT2D eigenvalue weighted by atomic mass is 16.7. The van der Waals surface area contributed by atoms with Crippen LogP contribution >= 0.6 is 0 Å². The predicted octanol–water partition coefficient (Wildman–Crippen LogP) is 6.79. The van der Waals surface area contributed by atoms with Crippen molar-refractivity contribution in [2.45, 2.75) is 63.0 Å². The van der Waals surface area contributed by atoms with Crippen molar-refractivity contribution < 1.29 is 28.9 Å². The zero-order valence-corrected chi connectivity index (χ0v) is 27.0. The van der Waals surface area contributed by atoms with E-state index in [1.807, 2.05) is 152 Å². The summed E-state index contributed by atoms with van der Waals surface area (Å²) in [5.41, 5.74) is 6.56. The van der Waals surface area contributed by atoms with Gasteiger partial charge in [-0.05, 0) is 27.8 Å². The van der Waals surface area contributed by atoms with Crippen molar-refractivity contribution in [3.8, 4) is 0 Å². The molecule has 5 aromatic carbocycles. The van der Waals surface area contributed by atoms with Crippen molar-refractivity contribution in [3.63, 3.8) is 0 Å². The Morgan fingerprint density at radius 2 is 0.833 bits per heavy atom. The number of benzene rings is 5. The Kier molecular flexibility index (Phi) is 12.1. The van der Waals surface area contributed by atoms with E-state index in [0.717, 1.165) is 27.8 Å². The number of hydrogen-bond acceptors (Lipinski definition) is 7. The fourth-order valence-electron chi connectivity index (χ4n) is 6.05. The number of aliphatic hydroxyl groups is 1. The molecular formula is C41H43NO6. The van der Waals surface area contributed by atoms with Crippen LogP contribution in [0.4, 0.5) is 0 Å². The first kappa shape index (κ1) is 33.7. The summed E-state index contributed by atoms with van der Waals surface area (Å²) >= 11 is 0. The van der Waals surface area contributed by atoms with E-state index >= 15 is 0 Å². The number of rotatable bonds is 17. The third-order valence-electron chi connectivity index (χ3n) is 8.56. The first-order chi connectivity index (χ1) is 23.7. The minimum Gasteiger partial charge on any atom is -0.383 e. The average molecular weight is 646 g/mol. The van der Waals surface area contributed by atoms with Gasteiger partial charge in [-0.25, -0.2) is 0 Å². The van der Waals surface area contributed by atoms with Crippen LogP contribution in [-0.4, -0.2) is 41.7 Å². The number of ether oxygens (including phenoxy) is 4. The molecule has 6 rings (SSSR count). The lowest BCUT2D eigenvalue weighted by Gasteiger charge is -2.35. The van der Waals surface area contributed by atoms with Gasteiger partial charge >= 0.3 is 0 Å². The molecule has 1 saturated carbocycles. The summed E-state index contributed by atoms with van der Waals surface area (Å²) in [5, 5.41) is 12.8. The highest BCUT2D eigenvalue weighted by Crippen LogP contribution is 2.39. The van der Waals surface area contributed by atoms with Crippen molar-refractivity contribution in [2.24, 2.45) is 0 Å². The molecular weight excluding hydrogens is 602 g/mol. The minimum absolute atomic E-state index is 0.0515. The molecule has 2 N–H and O–H groups in total. The van der Waals surface area contributed by atoms with Crippen LogP contribution in [0.2, 0.25) is 0 Å².